The molecule has 0 bridgehead atoms. The van der Waals surface area contributed by atoms with Gasteiger partial charge in [-0.1, -0.05) is 108 Å². The van der Waals surface area contributed by atoms with Crippen molar-refractivity contribution < 1.29 is 4.74 Å². The maximum Gasteiger partial charge on any atom is 0.0660 e. The summed E-state index contributed by atoms with van der Waals surface area (Å²) < 4.78 is 7.44. The molecule has 0 rings (SSSR count). The minimum atomic E-state index is 0.328. The van der Waals surface area contributed by atoms with Gasteiger partial charge in [-0.15, -0.1) is 0 Å². The molecule has 176 valence electrons. The van der Waals surface area contributed by atoms with Crippen molar-refractivity contribution in [2.24, 2.45) is 22.7 Å². The second-order valence-corrected chi connectivity index (χ2v) is 10.1. The lowest BCUT2D eigenvalue weighted by Gasteiger charge is -2.50. The summed E-state index contributed by atoms with van der Waals surface area (Å²) in [6.45, 7) is 24.0. The second-order valence-electron chi connectivity index (χ2n) is 10.1. The fourth-order valence-corrected chi connectivity index (χ4v) is 5.70. The summed E-state index contributed by atoms with van der Waals surface area (Å²) in [5.41, 5.74) is 0.657. The van der Waals surface area contributed by atoms with Gasteiger partial charge in [-0.25, -0.2) is 0 Å². The summed E-state index contributed by atoms with van der Waals surface area (Å²) in [6.07, 6.45) is 16.0. The molecule has 0 fully saturated rings. The van der Waals surface area contributed by atoms with Gasteiger partial charge >= 0.3 is 0 Å². The van der Waals surface area contributed by atoms with Crippen LogP contribution in [0, 0.1) is 22.7 Å². The first-order valence-electron chi connectivity index (χ1n) is 13.5. The zero-order chi connectivity index (χ0) is 22.5. The summed E-state index contributed by atoms with van der Waals surface area (Å²) in [6, 6.07) is 0. The molecular weight excluding hydrogens is 352 g/mol. The predicted molar refractivity (Wildman–Crippen MR) is 133 cm³/mol. The van der Waals surface area contributed by atoms with Crippen LogP contribution < -0.4 is 0 Å². The highest BCUT2D eigenvalue weighted by atomic mass is 16.5. The molecule has 1 heteroatoms. The van der Waals surface area contributed by atoms with Gasteiger partial charge in [-0.3, -0.25) is 0 Å². The predicted octanol–water partition coefficient (Wildman–Crippen LogP) is 9.83. The summed E-state index contributed by atoms with van der Waals surface area (Å²) >= 11 is 0. The molecule has 0 aromatic rings. The molecule has 0 aliphatic carbocycles. The van der Waals surface area contributed by atoms with Crippen LogP contribution >= 0.6 is 0 Å². The van der Waals surface area contributed by atoms with Gasteiger partial charge in [0.2, 0.25) is 0 Å². The van der Waals surface area contributed by atoms with Crippen LogP contribution in [0.5, 0.6) is 0 Å². The van der Waals surface area contributed by atoms with Gasteiger partial charge in [-0.2, -0.15) is 0 Å². The molecule has 0 spiro atoms. The molecule has 0 radical (unpaired) electrons. The van der Waals surface area contributed by atoms with E-state index in [9.17, 15) is 0 Å². The summed E-state index contributed by atoms with van der Waals surface area (Å²) in [4.78, 5) is 0. The fourth-order valence-electron chi connectivity index (χ4n) is 5.70. The van der Waals surface area contributed by atoms with Crippen molar-refractivity contribution in [1.82, 2.24) is 0 Å². The SMILES string of the molecule is CCCCC(CC)(CC)C(OC(C(C)CC)C(CC)(CC)CCCC)C(C)CC. The van der Waals surface area contributed by atoms with Gasteiger partial charge in [0.1, 0.15) is 0 Å². The Labute approximate surface area is 186 Å². The average Bonchev–Trinajstić information content (AvgIpc) is 2.77. The van der Waals surface area contributed by atoms with Gasteiger partial charge in [0.05, 0.1) is 12.2 Å². The van der Waals surface area contributed by atoms with Gasteiger partial charge in [0.15, 0.2) is 0 Å². The van der Waals surface area contributed by atoms with Gasteiger partial charge in [-0.05, 0) is 61.2 Å². The van der Waals surface area contributed by atoms with Crippen molar-refractivity contribution >= 4 is 0 Å². The van der Waals surface area contributed by atoms with Crippen molar-refractivity contribution in [1.29, 1.82) is 0 Å². The Bertz CT molecular complexity index is 344. The number of hydrogen-bond donors (Lipinski definition) is 0. The molecular formula is C28H58O. The lowest BCUT2D eigenvalue weighted by molar-refractivity contribution is -0.177. The van der Waals surface area contributed by atoms with Crippen molar-refractivity contribution in [2.75, 3.05) is 0 Å². The highest BCUT2D eigenvalue weighted by Crippen LogP contribution is 2.48. The smallest absolute Gasteiger partial charge is 0.0660 e. The van der Waals surface area contributed by atoms with E-state index < -0.39 is 0 Å². The highest BCUT2D eigenvalue weighted by molar-refractivity contribution is 4.94. The first kappa shape index (κ1) is 29.0. The zero-order valence-corrected chi connectivity index (χ0v) is 22.2. The molecule has 0 aromatic heterocycles. The normalized spacial score (nSPS) is 17.2. The van der Waals surface area contributed by atoms with Crippen LogP contribution in [0.25, 0.3) is 0 Å². The monoisotopic (exact) mass is 410 g/mol. The molecule has 0 aliphatic rings. The second kappa shape index (κ2) is 14.9. The zero-order valence-electron chi connectivity index (χ0n) is 22.2. The maximum absolute atomic E-state index is 7.44. The standard InChI is InChI=1S/C28H58O/c1-11-19-21-27(15-5,16-6)25(23(9)13-3)29-26(24(10)14-4)28(17-7,18-8)22-20-12-2/h23-26H,11-22H2,1-10H3. The minimum absolute atomic E-state index is 0.328. The summed E-state index contributed by atoms with van der Waals surface area (Å²) in [7, 11) is 0. The van der Waals surface area contributed by atoms with E-state index in [0.717, 1.165) is 0 Å². The largest absolute Gasteiger partial charge is 0.373 e. The highest BCUT2D eigenvalue weighted by Gasteiger charge is 2.45. The first-order valence-corrected chi connectivity index (χ1v) is 13.5. The lowest BCUT2D eigenvalue weighted by Crippen LogP contribution is -2.49. The molecule has 0 N–H and O–H groups in total. The molecule has 0 aliphatic heterocycles. The Morgan fingerprint density at radius 3 is 1.07 bits per heavy atom. The molecule has 0 amide bonds. The van der Waals surface area contributed by atoms with Crippen LogP contribution in [0.15, 0.2) is 0 Å². The Balaban J connectivity index is 6.18. The van der Waals surface area contributed by atoms with E-state index in [1.54, 1.807) is 0 Å². The van der Waals surface area contributed by atoms with E-state index in [4.69, 9.17) is 4.74 Å². The maximum atomic E-state index is 7.44. The van der Waals surface area contributed by atoms with Crippen LogP contribution in [0.3, 0.4) is 0 Å². The topological polar surface area (TPSA) is 9.23 Å². The van der Waals surface area contributed by atoms with Crippen LogP contribution in [-0.2, 0) is 4.74 Å². The molecule has 0 aromatic carbocycles. The quantitative estimate of drug-likeness (QED) is 0.218. The third kappa shape index (κ3) is 7.55. The van der Waals surface area contributed by atoms with E-state index >= 15 is 0 Å². The molecule has 0 heterocycles. The molecule has 29 heavy (non-hydrogen) atoms. The number of hydrogen-bond acceptors (Lipinski definition) is 1. The van der Waals surface area contributed by atoms with Crippen LogP contribution in [0.2, 0.25) is 0 Å². The Hall–Kier alpha value is -0.0400. The Morgan fingerprint density at radius 1 is 0.552 bits per heavy atom. The van der Waals surface area contributed by atoms with Gasteiger partial charge in [0, 0.05) is 0 Å². The van der Waals surface area contributed by atoms with Gasteiger partial charge < -0.3 is 4.74 Å². The van der Waals surface area contributed by atoms with Crippen LogP contribution in [0.1, 0.15) is 146 Å². The third-order valence-electron chi connectivity index (χ3n) is 8.69. The summed E-state index contributed by atoms with van der Waals surface area (Å²) in [5, 5.41) is 0. The van der Waals surface area contributed by atoms with Gasteiger partial charge in [0.25, 0.3) is 0 Å². The third-order valence-corrected chi connectivity index (χ3v) is 8.69. The van der Waals surface area contributed by atoms with Crippen molar-refractivity contribution in [2.45, 2.75) is 158 Å². The van der Waals surface area contributed by atoms with Crippen LogP contribution in [-0.4, -0.2) is 12.2 Å². The number of ether oxygens (including phenoxy) is 1. The molecule has 1 nitrogen and oxygen atoms in total. The van der Waals surface area contributed by atoms with E-state index in [-0.39, 0.29) is 0 Å². The molecule has 4 unspecified atom stereocenters. The number of rotatable bonds is 18. The first-order chi connectivity index (χ1) is 13.8. The molecule has 0 saturated carbocycles. The van der Waals surface area contributed by atoms with E-state index in [2.05, 4.69) is 69.2 Å². The number of unbranched alkanes of at least 4 members (excludes halogenated alkanes) is 2. The Morgan fingerprint density at radius 2 is 0.862 bits per heavy atom. The minimum Gasteiger partial charge on any atom is -0.373 e. The van der Waals surface area contributed by atoms with Crippen molar-refractivity contribution in [3.05, 3.63) is 0 Å². The van der Waals surface area contributed by atoms with Crippen molar-refractivity contribution in [3.63, 3.8) is 0 Å². The fraction of sp³-hybridized carbons (Fsp3) is 1.00. The molecule has 4 atom stereocenters. The average molecular weight is 411 g/mol. The van der Waals surface area contributed by atoms with Crippen molar-refractivity contribution in [3.8, 4) is 0 Å². The summed E-state index contributed by atoms with van der Waals surface area (Å²) in [5.74, 6) is 1.24. The van der Waals surface area contributed by atoms with Crippen LogP contribution in [0.4, 0.5) is 0 Å². The Kier molecular flexibility index (Phi) is 14.9. The van der Waals surface area contributed by atoms with E-state index in [0.29, 0.717) is 34.9 Å². The van der Waals surface area contributed by atoms with E-state index in [1.807, 2.05) is 0 Å². The van der Waals surface area contributed by atoms with E-state index in [1.165, 1.54) is 77.0 Å². The lowest BCUT2D eigenvalue weighted by atomic mass is 9.66. The molecule has 0 saturated heterocycles.